The molecule has 0 aliphatic rings. The minimum absolute atomic E-state index is 0.00913. The molecule has 5 N–H and O–H groups in total. The number of allylic oxidation sites excluding steroid dienone is 3. The summed E-state index contributed by atoms with van der Waals surface area (Å²) in [5.74, 6) is -0.511. The van der Waals surface area contributed by atoms with Crippen molar-refractivity contribution < 1.29 is 9.28 Å². The summed E-state index contributed by atoms with van der Waals surface area (Å²) in [6.45, 7) is 7.93. The maximum Gasteiger partial charge on any atom is 0.274 e. The van der Waals surface area contributed by atoms with Crippen LogP contribution < -0.4 is 16.8 Å². The lowest BCUT2D eigenvalue weighted by molar-refractivity contribution is -0.894. The summed E-state index contributed by atoms with van der Waals surface area (Å²) >= 11 is 5.82. The Morgan fingerprint density at radius 1 is 1.28 bits per heavy atom. The van der Waals surface area contributed by atoms with Gasteiger partial charge < -0.3 is 21.3 Å². The van der Waals surface area contributed by atoms with Gasteiger partial charge in [-0.1, -0.05) is 43.0 Å². The van der Waals surface area contributed by atoms with Gasteiger partial charge in [-0.15, -0.1) is 0 Å². The van der Waals surface area contributed by atoms with Gasteiger partial charge in [-0.25, -0.2) is 9.97 Å². The first-order valence-electron chi connectivity index (χ1n) is 7.72. The lowest BCUT2D eigenvalue weighted by atomic mass is 10.0. The Hall–Kier alpha value is -2.38. The number of carbonyl (C=O) groups is 1. The van der Waals surface area contributed by atoms with Crippen molar-refractivity contribution in [3.8, 4) is 0 Å². The van der Waals surface area contributed by atoms with Gasteiger partial charge in [-0.2, -0.15) is 0 Å². The smallest absolute Gasteiger partial charge is 0.274 e. The number of nitrogen functional groups attached to an aromatic ring is 2. The van der Waals surface area contributed by atoms with E-state index >= 15 is 0 Å². The molecule has 7 nitrogen and oxygen atoms in total. The van der Waals surface area contributed by atoms with Gasteiger partial charge in [-0.3, -0.25) is 4.79 Å². The van der Waals surface area contributed by atoms with Crippen molar-refractivity contribution >= 4 is 29.1 Å². The highest BCUT2D eigenvalue weighted by atomic mass is 35.5. The number of carbonyl (C=O) groups excluding carboxylic acids is 1. The molecule has 0 aliphatic heterocycles. The van der Waals surface area contributed by atoms with Crippen molar-refractivity contribution in [2.24, 2.45) is 0 Å². The fraction of sp³-hybridized carbons (Fsp3) is 0.353. The van der Waals surface area contributed by atoms with E-state index in [1.807, 2.05) is 6.08 Å². The fourth-order valence-electron chi connectivity index (χ4n) is 2.17. The minimum Gasteiger partial charge on any atom is -0.382 e. The van der Waals surface area contributed by atoms with Crippen LogP contribution in [0.25, 0.3) is 0 Å². The zero-order valence-electron chi connectivity index (χ0n) is 14.9. The number of hydrogen-bond donors (Lipinski definition) is 3. The van der Waals surface area contributed by atoms with Crippen LogP contribution in [-0.2, 0) is 0 Å². The molecule has 0 bridgehead atoms. The van der Waals surface area contributed by atoms with E-state index in [9.17, 15) is 4.79 Å². The Morgan fingerprint density at radius 3 is 2.44 bits per heavy atom. The van der Waals surface area contributed by atoms with Gasteiger partial charge in [0.1, 0.15) is 6.04 Å². The van der Waals surface area contributed by atoms with E-state index in [4.69, 9.17) is 23.1 Å². The molecule has 1 atom stereocenters. The summed E-state index contributed by atoms with van der Waals surface area (Å²) in [5, 5.41) is 2.79. The summed E-state index contributed by atoms with van der Waals surface area (Å²) in [5.41, 5.74) is 12.2. The largest absolute Gasteiger partial charge is 0.382 e. The summed E-state index contributed by atoms with van der Waals surface area (Å²) in [6.07, 6.45) is 6.13. The van der Waals surface area contributed by atoms with E-state index in [0.717, 1.165) is 12.0 Å². The van der Waals surface area contributed by atoms with Gasteiger partial charge in [0.2, 0.25) is 0 Å². The predicted octanol–water partition coefficient (Wildman–Crippen LogP) is 1.79. The third kappa shape index (κ3) is 5.88. The number of hydrogen-bond acceptors (Lipinski definition) is 5. The van der Waals surface area contributed by atoms with Crippen LogP contribution in [0.15, 0.2) is 37.0 Å². The van der Waals surface area contributed by atoms with E-state index in [-0.39, 0.29) is 28.5 Å². The molecule has 0 aromatic carbocycles. The summed E-state index contributed by atoms with van der Waals surface area (Å²) in [4.78, 5) is 20.1. The molecule has 1 aromatic heterocycles. The lowest BCUT2D eigenvalue weighted by Gasteiger charge is -2.34. The van der Waals surface area contributed by atoms with E-state index in [1.54, 1.807) is 12.2 Å². The number of likely N-dealkylation sites (N-methyl/N-ethyl adjacent to an activating group) is 1. The molecule has 136 valence electrons. The second-order valence-corrected chi connectivity index (χ2v) is 6.86. The first-order chi connectivity index (χ1) is 11.6. The molecule has 0 saturated carbocycles. The second kappa shape index (κ2) is 8.64. The van der Waals surface area contributed by atoms with Crippen LogP contribution in [-0.4, -0.2) is 54.1 Å². The molecule has 0 aliphatic carbocycles. The van der Waals surface area contributed by atoms with Gasteiger partial charge in [0, 0.05) is 6.42 Å². The number of rotatable bonds is 8. The van der Waals surface area contributed by atoms with Crippen molar-refractivity contribution in [3.63, 3.8) is 0 Å². The van der Waals surface area contributed by atoms with Gasteiger partial charge in [0.05, 0.1) is 27.7 Å². The maximum absolute atomic E-state index is 12.4. The molecular formula is C17H26ClN6O+. The van der Waals surface area contributed by atoms with Gasteiger partial charge in [0.25, 0.3) is 5.91 Å². The molecule has 8 heteroatoms. The van der Waals surface area contributed by atoms with Crippen LogP contribution in [0.3, 0.4) is 0 Å². The Labute approximate surface area is 153 Å². The molecule has 0 spiro atoms. The monoisotopic (exact) mass is 365 g/mol. The molecule has 1 heterocycles. The van der Waals surface area contributed by atoms with Gasteiger partial charge >= 0.3 is 0 Å². The minimum atomic E-state index is -0.446. The average molecular weight is 366 g/mol. The van der Waals surface area contributed by atoms with Crippen molar-refractivity contribution in [2.45, 2.75) is 12.5 Å². The number of anilines is 2. The van der Waals surface area contributed by atoms with Crippen LogP contribution in [0.2, 0.25) is 5.15 Å². The normalized spacial score (nSPS) is 13.2. The SMILES string of the molecule is C=C/C=C(\C=C)CC(CNC(=O)c1nc(Cl)c(N)nc1N)[N+](C)(C)C. The summed E-state index contributed by atoms with van der Waals surface area (Å²) < 4.78 is 0.645. The topological polar surface area (TPSA) is 107 Å². The van der Waals surface area contributed by atoms with Crippen LogP contribution in [0.5, 0.6) is 0 Å². The summed E-state index contributed by atoms with van der Waals surface area (Å²) in [6, 6.07) is 0.103. The molecule has 0 fully saturated rings. The van der Waals surface area contributed by atoms with Crippen molar-refractivity contribution in [1.82, 2.24) is 15.3 Å². The standard InChI is InChI=1S/C17H25ClN6O/c1-6-8-11(7-2)9-12(24(3,4)5)10-21-17(25)13-15(19)23-16(20)14(18)22-13/h6-8,12H,1-2,9-10H2,3-5H3,(H4-,19,20,21,23,25)/p+1/b11-8+. The maximum atomic E-state index is 12.4. The Morgan fingerprint density at radius 2 is 1.92 bits per heavy atom. The molecule has 0 radical (unpaired) electrons. The van der Waals surface area contributed by atoms with Crippen molar-refractivity contribution in [3.05, 3.63) is 47.8 Å². The Balaban J connectivity index is 2.91. The Kier molecular flexibility index (Phi) is 7.14. The van der Waals surface area contributed by atoms with Crippen LogP contribution in [0.4, 0.5) is 11.6 Å². The van der Waals surface area contributed by atoms with E-state index in [0.29, 0.717) is 11.0 Å². The fourth-order valence-corrected chi connectivity index (χ4v) is 2.29. The van der Waals surface area contributed by atoms with Crippen LogP contribution >= 0.6 is 11.6 Å². The number of halogens is 1. The number of amides is 1. The van der Waals surface area contributed by atoms with E-state index in [2.05, 4.69) is 49.6 Å². The van der Waals surface area contributed by atoms with Crippen molar-refractivity contribution in [1.29, 1.82) is 0 Å². The van der Waals surface area contributed by atoms with Gasteiger partial charge in [0.15, 0.2) is 22.5 Å². The second-order valence-electron chi connectivity index (χ2n) is 6.50. The molecule has 0 saturated heterocycles. The first kappa shape index (κ1) is 20.7. The number of aromatic nitrogens is 2. The quantitative estimate of drug-likeness (QED) is 0.481. The Bertz CT molecular complexity index is 693. The highest BCUT2D eigenvalue weighted by molar-refractivity contribution is 6.31. The third-order valence-electron chi connectivity index (χ3n) is 3.78. The van der Waals surface area contributed by atoms with E-state index < -0.39 is 5.91 Å². The summed E-state index contributed by atoms with van der Waals surface area (Å²) in [7, 11) is 6.17. The number of nitrogens with two attached hydrogens (primary N) is 2. The van der Waals surface area contributed by atoms with Crippen LogP contribution in [0.1, 0.15) is 16.9 Å². The molecule has 25 heavy (non-hydrogen) atoms. The predicted molar refractivity (Wildman–Crippen MR) is 103 cm³/mol. The average Bonchev–Trinajstić information content (AvgIpc) is 2.52. The zero-order chi connectivity index (χ0) is 19.2. The number of quaternary nitrogens is 1. The third-order valence-corrected chi connectivity index (χ3v) is 4.06. The zero-order valence-corrected chi connectivity index (χ0v) is 15.7. The first-order valence-corrected chi connectivity index (χ1v) is 8.09. The van der Waals surface area contributed by atoms with Crippen LogP contribution in [0, 0.1) is 0 Å². The molecule has 1 rings (SSSR count). The van der Waals surface area contributed by atoms with E-state index in [1.165, 1.54) is 0 Å². The highest BCUT2D eigenvalue weighted by Crippen LogP contribution is 2.18. The van der Waals surface area contributed by atoms with Gasteiger partial charge in [-0.05, 0) is 5.57 Å². The molecule has 1 unspecified atom stereocenters. The number of nitrogens with one attached hydrogen (secondary N) is 1. The highest BCUT2D eigenvalue weighted by Gasteiger charge is 2.26. The lowest BCUT2D eigenvalue weighted by Crippen LogP contribution is -2.51. The van der Waals surface area contributed by atoms with Crippen molar-refractivity contribution in [2.75, 3.05) is 39.2 Å². The molecule has 1 amide bonds. The number of nitrogens with zero attached hydrogens (tertiary/aromatic N) is 3. The molecular weight excluding hydrogens is 340 g/mol. The molecule has 1 aromatic rings.